The van der Waals surface area contributed by atoms with E-state index in [1.54, 1.807) is 32.0 Å². The largest absolute Gasteiger partial charge is 0.245 e. The van der Waals surface area contributed by atoms with Crippen molar-refractivity contribution in [2.24, 2.45) is 0 Å². The molecule has 1 aliphatic carbocycles. The topological polar surface area (TPSA) is 61.2 Å². The minimum Gasteiger partial charge on any atom is -0.207 e. The molecule has 0 atom stereocenters. The highest BCUT2D eigenvalue weighted by Crippen LogP contribution is 2.39. The average molecular weight is 422 g/mol. The second kappa shape index (κ2) is 5.41. The van der Waals surface area contributed by atoms with Crippen molar-refractivity contribution in [2.45, 2.75) is 43.2 Å². The van der Waals surface area contributed by atoms with Crippen LogP contribution in [-0.2, 0) is 10.0 Å². The molecule has 1 aromatic rings. The number of halogens is 2. The molecule has 1 fully saturated rings. The fourth-order valence-electron chi connectivity index (χ4n) is 2.10. The van der Waals surface area contributed by atoms with Crippen LogP contribution in [0.2, 0.25) is 0 Å². The molecule has 2 rings (SSSR count). The highest BCUT2D eigenvalue weighted by molar-refractivity contribution is 9.11. The molecule has 0 bridgehead atoms. The molecule has 0 heterocycles. The maximum absolute atomic E-state index is 12.9. The van der Waals surface area contributed by atoms with Crippen LogP contribution >= 0.6 is 31.9 Å². The second-order valence-corrected chi connectivity index (χ2v) is 8.83. The molecule has 0 aliphatic heterocycles. The molecule has 1 saturated carbocycles. The van der Waals surface area contributed by atoms with Crippen LogP contribution in [0.15, 0.2) is 32.0 Å². The minimum absolute atomic E-state index is 0.0785. The summed E-state index contributed by atoms with van der Waals surface area (Å²) in [5, 5.41) is 9.29. The van der Waals surface area contributed by atoms with Crippen LogP contribution in [0.4, 0.5) is 0 Å². The number of sulfonamides is 1. The third-order valence-electron chi connectivity index (χ3n) is 3.13. The van der Waals surface area contributed by atoms with Crippen LogP contribution in [0.25, 0.3) is 0 Å². The average Bonchev–Trinajstić information content (AvgIpc) is 3.12. The van der Waals surface area contributed by atoms with E-state index in [0.29, 0.717) is 4.47 Å². The Kier molecular flexibility index (Phi) is 4.32. The number of nitriles is 1. The van der Waals surface area contributed by atoms with Crippen LogP contribution < -0.4 is 0 Å². The fraction of sp³-hybridized carbons (Fsp3) is 0.462. The summed E-state index contributed by atoms with van der Waals surface area (Å²) in [5.74, 6) is 0. The molecule has 0 unspecified atom stereocenters. The van der Waals surface area contributed by atoms with Gasteiger partial charge in [-0.15, -0.1) is 0 Å². The van der Waals surface area contributed by atoms with E-state index in [-0.39, 0.29) is 10.9 Å². The minimum atomic E-state index is -3.71. The van der Waals surface area contributed by atoms with E-state index in [4.69, 9.17) is 0 Å². The van der Waals surface area contributed by atoms with Gasteiger partial charge >= 0.3 is 0 Å². The molecule has 0 amide bonds. The van der Waals surface area contributed by atoms with Crippen LogP contribution in [0.3, 0.4) is 0 Å². The van der Waals surface area contributed by atoms with Gasteiger partial charge in [-0.05, 0) is 60.8 Å². The standard InChI is InChI=1S/C13H14Br2N2O2S/c1-13(2,8-16)17(10-4-5-10)20(18,19)12-6-3-9(14)7-11(12)15/h3,6-7,10H,4-5H2,1-2H3. The van der Waals surface area contributed by atoms with Gasteiger partial charge in [-0.2, -0.15) is 9.57 Å². The summed E-state index contributed by atoms with van der Waals surface area (Å²) in [6.07, 6.45) is 1.61. The Morgan fingerprint density at radius 1 is 1.35 bits per heavy atom. The molecular formula is C13H14Br2N2O2S. The Hall–Kier alpha value is -0.420. The van der Waals surface area contributed by atoms with E-state index >= 15 is 0 Å². The van der Waals surface area contributed by atoms with E-state index in [9.17, 15) is 13.7 Å². The summed E-state index contributed by atoms with van der Waals surface area (Å²) in [4.78, 5) is 0.191. The van der Waals surface area contributed by atoms with Crippen LogP contribution in [0.1, 0.15) is 26.7 Å². The van der Waals surface area contributed by atoms with Crippen molar-refractivity contribution >= 4 is 41.9 Å². The van der Waals surface area contributed by atoms with E-state index in [1.165, 1.54) is 4.31 Å². The number of rotatable bonds is 4. The Labute approximate surface area is 136 Å². The van der Waals surface area contributed by atoms with Gasteiger partial charge in [0.25, 0.3) is 0 Å². The second-order valence-electron chi connectivity index (χ2n) is 5.28. The van der Waals surface area contributed by atoms with E-state index in [0.717, 1.165) is 17.3 Å². The van der Waals surface area contributed by atoms with Crippen molar-refractivity contribution in [1.29, 1.82) is 5.26 Å². The SMILES string of the molecule is CC(C)(C#N)N(C1CC1)S(=O)(=O)c1ccc(Br)cc1Br. The smallest absolute Gasteiger partial charge is 0.207 e. The van der Waals surface area contributed by atoms with Gasteiger partial charge in [0.15, 0.2) is 0 Å². The van der Waals surface area contributed by atoms with Crippen LogP contribution in [0, 0.1) is 11.3 Å². The Morgan fingerprint density at radius 3 is 2.40 bits per heavy atom. The Balaban J connectivity index is 2.55. The van der Waals surface area contributed by atoms with Crippen LogP contribution in [-0.4, -0.2) is 24.3 Å². The zero-order valence-electron chi connectivity index (χ0n) is 11.1. The molecule has 4 nitrogen and oxygen atoms in total. The first kappa shape index (κ1) is 16.0. The van der Waals surface area contributed by atoms with Gasteiger partial charge in [-0.1, -0.05) is 15.9 Å². The predicted octanol–water partition coefficient (Wildman–Crippen LogP) is 3.67. The number of hydrogen-bond donors (Lipinski definition) is 0. The van der Waals surface area contributed by atoms with Crippen LogP contribution in [0.5, 0.6) is 0 Å². The third-order valence-corrected chi connectivity index (χ3v) is 6.73. The first-order valence-corrected chi connectivity index (χ1v) is 9.13. The zero-order valence-corrected chi connectivity index (χ0v) is 15.1. The number of hydrogen-bond acceptors (Lipinski definition) is 3. The summed E-state index contributed by atoms with van der Waals surface area (Å²) in [6.45, 7) is 3.27. The molecule has 1 aromatic carbocycles. The lowest BCUT2D eigenvalue weighted by Gasteiger charge is -2.32. The monoisotopic (exact) mass is 420 g/mol. The molecule has 0 spiro atoms. The maximum atomic E-state index is 12.9. The highest BCUT2D eigenvalue weighted by atomic mass is 79.9. The summed E-state index contributed by atoms with van der Waals surface area (Å²) in [7, 11) is -3.71. The van der Waals surface area contributed by atoms with E-state index < -0.39 is 15.6 Å². The molecule has 0 saturated heterocycles. The summed E-state index contributed by atoms with van der Waals surface area (Å²) < 4.78 is 28.4. The van der Waals surface area contributed by atoms with Gasteiger partial charge in [-0.3, -0.25) is 0 Å². The first-order valence-electron chi connectivity index (χ1n) is 6.11. The number of nitrogens with zero attached hydrogens (tertiary/aromatic N) is 2. The number of benzene rings is 1. The molecular weight excluding hydrogens is 408 g/mol. The van der Waals surface area contributed by atoms with Crippen molar-refractivity contribution in [3.05, 3.63) is 27.1 Å². The van der Waals surface area contributed by atoms with E-state index in [2.05, 4.69) is 37.9 Å². The third kappa shape index (κ3) is 2.93. The molecule has 1 aliphatic rings. The van der Waals surface area contributed by atoms with Gasteiger partial charge < -0.3 is 0 Å². The van der Waals surface area contributed by atoms with Gasteiger partial charge in [0.1, 0.15) is 5.54 Å². The summed E-state index contributed by atoms with van der Waals surface area (Å²) in [5.41, 5.74) is -1.06. The quantitative estimate of drug-likeness (QED) is 0.744. The fourth-order valence-corrected chi connectivity index (χ4v) is 5.76. The lowest BCUT2D eigenvalue weighted by Crippen LogP contribution is -2.48. The zero-order chi connectivity index (χ0) is 15.1. The first-order chi connectivity index (χ1) is 9.20. The van der Waals surface area contributed by atoms with Crippen molar-refractivity contribution in [3.63, 3.8) is 0 Å². The van der Waals surface area contributed by atoms with Crippen molar-refractivity contribution in [3.8, 4) is 6.07 Å². The van der Waals surface area contributed by atoms with Crippen molar-refractivity contribution in [1.82, 2.24) is 4.31 Å². The molecule has 7 heteroatoms. The van der Waals surface area contributed by atoms with Gasteiger partial charge in [0.2, 0.25) is 10.0 Å². The molecule has 0 aromatic heterocycles. The highest BCUT2D eigenvalue weighted by Gasteiger charge is 2.47. The molecule has 108 valence electrons. The van der Waals surface area contributed by atoms with Gasteiger partial charge in [0.05, 0.1) is 11.0 Å². The Bertz CT molecular complexity index is 676. The summed E-state index contributed by atoms with van der Waals surface area (Å²) in [6, 6.07) is 6.94. The lowest BCUT2D eigenvalue weighted by molar-refractivity contribution is 0.280. The summed E-state index contributed by atoms with van der Waals surface area (Å²) >= 11 is 6.59. The molecule has 0 radical (unpaired) electrons. The van der Waals surface area contributed by atoms with Crippen molar-refractivity contribution in [2.75, 3.05) is 0 Å². The molecule has 20 heavy (non-hydrogen) atoms. The van der Waals surface area contributed by atoms with Gasteiger partial charge in [-0.25, -0.2) is 8.42 Å². The lowest BCUT2D eigenvalue weighted by atomic mass is 10.1. The molecule has 0 N–H and O–H groups in total. The predicted molar refractivity (Wildman–Crippen MR) is 83.6 cm³/mol. The normalized spacial score (nSPS) is 16.2. The maximum Gasteiger partial charge on any atom is 0.245 e. The Morgan fingerprint density at radius 2 is 1.95 bits per heavy atom. The van der Waals surface area contributed by atoms with Crippen molar-refractivity contribution < 1.29 is 8.42 Å². The van der Waals surface area contributed by atoms with Gasteiger partial charge in [0, 0.05) is 15.0 Å². The van der Waals surface area contributed by atoms with E-state index in [1.807, 2.05) is 0 Å².